The van der Waals surface area contributed by atoms with Crippen LogP contribution in [-0.2, 0) is 51.1 Å². The van der Waals surface area contributed by atoms with Crippen molar-refractivity contribution in [2.24, 2.45) is 0 Å². The van der Waals surface area contributed by atoms with Gasteiger partial charge in [-0.2, -0.15) is 0 Å². The first-order valence-corrected chi connectivity index (χ1v) is 41.3. The fraction of sp³-hybridized carbons (Fsp3) is 0.288. The zero-order chi connectivity index (χ0) is 78.9. The highest BCUT2D eigenvalue weighted by molar-refractivity contribution is 9.10. The quantitative estimate of drug-likeness (QED) is 0.164. The van der Waals surface area contributed by atoms with Crippen LogP contribution in [0.2, 0.25) is 0 Å². The third-order valence-electron chi connectivity index (χ3n) is 28.8. The molecule has 2 aliphatic heterocycles. The molecule has 4 heterocycles. The summed E-state index contributed by atoms with van der Waals surface area (Å²) in [6.45, 7) is 44.8. The molecule has 113 heavy (non-hydrogen) atoms. The highest BCUT2D eigenvalue weighted by atomic mass is 79.9. The summed E-state index contributed by atoms with van der Waals surface area (Å²) in [7, 11) is -1.03. The van der Waals surface area contributed by atoms with E-state index >= 15 is 0 Å². The second-order valence-corrected chi connectivity index (χ2v) is 39.4. The minimum atomic E-state index is -0.517. The van der Waals surface area contributed by atoms with E-state index in [1.54, 1.807) is 0 Å². The largest absolute Gasteiger partial charge is 0.532 e. The van der Waals surface area contributed by atoms with Crippen molar-refractivity contribution in [1.29, 1.82) is 0 Å². The van der Waals surface area contributed by atoms with Crippen LogP contribution >= 0.6 is 15.9 Å². The molecule has 14 aromatic rings. The predicted octanol–water partition coefficient (Wildman–Crippen LogP) is 26.2. The molecule has 2 saturated heterocycles. The summed E-state index contributed by atoms with van der Waals surface area (Å²) >= 11 is 3.68. The maximum atomic E-state index is 6.81. The van der Waals surface area contributed by atoms with Gasteiger partial charge in [-0.3, -0.25) is 0 Å². The van der Waals surface area contributed by atoms with Crippen LogP contribution in [0.1, 0.15) is 205 Å². The van der Waals surface area contributed by atoms with Crippen molar-refractivity contribution in [3.8, 4) is 89.4 Å². The van der Waals surface area contributed by atoms with Crippen molar-refractivity contribution in [2.75, 3.05) is 0 Å². The molecule has 0 amide bonds. The Morgan fingerprint density at radius 1 is 0.230 bits per heavy atom. The number of fused-ring (bicyclic) bond motifs is 24. The van der Waals surface area contributed by atoms with Crippen molar-refractivity contribution in [3.63, 3.8) is 0 Å². The molecule has 6 aliphatic carbocycles. The van der Waals surface area contributed by atoms with E-state index in [1.165, 1.54) is 166 Å². The Kier molecular flexibility index (Phi) is 15.2. The molecule has 9 heteroatoms. The fourth-order valence-corrected chi connectivity index (χ4v) is 21.0. The molecule has 22 rings (SSSR count). The topological polar surface area (TPSA) is 63.2 Å². The van der Waals surface area contributed by atoms with Gasteiger partial charge in [-0.05, 0) is 306 Å². The van der Waals surface area contributed by atoms with Gasteiger partial charge in [0.05, 0.1) is 22.4 Å². The molecular weight excluding hydrogens is 1450 g/mol. The van der Waals surface area contributed by atoms with Gasteiger partial charge in [0.1, 0.15) is 22.8 Å². The van der Waals surface area contributed by atoms with Crippen molar-refractivity contribution >= 4 is 73.8 Å². The van der Waals surface area contributed by atoms with Gasteiger partial charge in [0.15, 0.2) is 0 Å². The Morgan fingerprint density at radius 2 is 0.504 bits per heavy atom. The molecule has 2 fully saturated rings. The van der Waals surface area contributed by atoms with E-state index in [0.29, 0.717) is 11.3 Å². The van der Waals surface area contributed by atoms with Crippen LogP contribution in [0.4, 0.5) is 0 Å². The van der Waals surface area contributed by atoms with Crippen LogP contribution in [0, 0.1) is 0 Å². The molecule has 0 bridgehead atoms. The Labute approximate surface area is 675 Å². The molecule has 0 atom stereocenters. The van der Waals surface area contributed by atoms with Gasteiger partial charge < -0.3 is 27.5 Å². The number of furan rings is 2. The third-order valence-corrected chi connectivity index (χ3v) is 29.3. The summed E-state index contributed by atoms with van der Waals surface area (Å²) in [5.41, 5.74) is 35.1. The van der Waals surface area contributed by atoms with E-state index in [0.717, 1.165) is 27.1 Å². The van der Waals surface area contributed by atoms with Gasteiger partial charge in [-0.25, -0.2) is 0 Å². The molecule has 2 aromatic heterocycles. The zero-order valence-electron chi connectivity index (χ0n) is 68.8. The number of halogens is 1. The van der Waals surface area contributed by atoms with Gasteiger partial charge in [0.2, 0.25) is 0 Å². The fourth-order valence-electron chi connectivity index (χ4n) is 20.7. The maximum Gasteiger partial charge on any atom is 0.532 e. The minimum absolute atomic E-state index is 0.000949. The van der Waals surface area contributed by atoms with Gasteiger partial charge in [-0.15, -0.1) is 0 Å². The Hall–Kier alpha value is -9.57. The lowest BCUT2D eigenvalue weighted by atomic mass is 9.79. The first-order chi connectivity index (χ1) is 53.4. The monoisotopic (exact) mass is 1540 g/mol. The molecule has 12 aromatic carbocycles. The van der Waals surface area contributed by atoms with Crippen molar-refractivity contribution in [2.45, 2.75) is 193 Å². The highest BCUT2D eigenvalue weighted by Crippen LogP contribution is 2.62. The van der Waals surface area contributed by atoms with Gasteiger partial charge in [-0.1, -0.05) is 239 Å². The Morgan fingerprint density at radius 3 is 0.841 bits per heavy atom. The normalized spacial score (nSPS) is 19.2. The van der Waals surface area contributed by atoms with Gasteiger partial charge in [0, 0.05) is 48.1 Å². The summed E-state index contributed by atoms with van der Waals surface area (Å²) in [5.74, 6) is 1.81. The van der Waals surface area contributed by atoms with Crippen LogP contribution in [0.5, 0.6) is 0 Å². The Balaban J connectivity index is 0.000000131. The maximum absolute atomic E-state index is 6.81. The second-order valence-electron chi connectivity index (χ2n) is 38.5. The summed E-state index contributed by atoms with van der Waals surface area (Å²) in [6, 6.07) is 84.3. The zero-order valence-corrected chi connectivity index (χ0v) is 70.4. The van der Waals surface area contributed by atoms with E-state index in [1.807, 2.05) is 67.5 Å². The van der Waals surface area contributed by atoms with Crippen LogP contribution in [0.3, 0.4) is 0 Å². The van der Waals surface area contributed by atoms with E-state index in [4.69, 9.17) is 27.5 Å². The summed E-state index contributed by atoms with van der Waals surface area (Å²) in [6.07, 6.45) is 0. The van der Waals surface area contributed by atoms with Crippen LogP contribution < -0.4 is 11.3 Å². The number of hydrogen-bond donors (Lipinski definition) is 0. The molecule has 562 valence electrons. The molecular formula is C104H97B2BrO6. The number of benzene rings is 12. The van der Waals surface area contributed by atoms with Crippen molar-refractivity contribution in [3.05, 3.63) is 296 Å². The molecule has 0 unspecified atom stereocenters. The third kappa shape index (κ3) is 10.3. The lowest BCUT2D eigenvalue weighted by molar-refractivity contribution is 0.00578. The van der Waals surface area contributed by atoms with E-state index < -0.39 is 36.6 Å². The SMILES string of the molecule is CC1(C)OB(c2ccc(B3OC(C)(C)C(C)(C)O3)o2)OC1(C)C.CC1(C)c2cc(-c3ccc(-c4ccc5c(c4)C(C)(C)c4cc6c(cc4-5)C(C)(C)c4ccc5ccccc5c4-6)o3)ccc2-c2cc3c(cc21)-c1c(ccc2ccccc12)C3(C)C.CC1(C)c2cc(Br)ccc2-c2cc3c(cc21)-c1c(ccc2ccccc12)C3(C)C. The molecule has 0 N–H and O–H groups in total. The predicted molar refractivity (Wildman–Crippen MR) is 472 cm³/mol. The summed E-state index contributed by atoms with van der Waals surface area (Å²) in [4.78, 5) is 0. The minimum Gasteiger partial charge on any atom is -0.473 e. The Bertz CT molecular complexity index is 6190. The van der Waals surface area contributed by atoms with E-state index in [2.05, 4.69) is 311 Å². The molecule has 0 radical (unpaired) electrons. The van der Waals surface area contributed by atoms with E-state index in [-0.39, 0.29) is 32.5 Å². The lowest BCUT2D eigenvalue weighted by Crippen LogP contribution is -2.41. The van der Waals surface area contributed by atoms with Gasteiger partial charge >= 0.3 is 14.2 Å². The second kappa shape index (κ2) is 23.8. The van der Waals surface area contributed by atoms with E-state index in [9.17, 15) is 0 Å². The summed E-state index contributed by atoms with van der Waals surface area (Å²) in [5, 5.41) is 7.99. The molecule has 0 saturated carbocycles. The lowest BCUT2D eigenvalue weighted by Gasteiger charge is -2.32. The van der Waals surface area contributed by atoms with Crippen LogP contribution in [0.25, 0.3) is 122 Å². The first kappa shape index (κ1) is 72.4. The van der Waals surface area contributed by atoms with Crippen LogP contribution in [-0.4, -0.2) is 36.6 Å². The smallest absolute Gasteiger partial charge is 0.473 e. The van der Waals surface area contributed by atoms with Crippen molar-refractivity contribution < 1.29 is 27.5 Å². The highest BCUT2D eigenvalue weighted by Gasteiger charge is 2.56. The first-order valence-electron chi connectivity index (χ1n) is 40.6. The standard InChI is InChI=1S/C60H48O.C28H23Br.C16H26B2O5/c1-57(2)45-23-19-33-13-9-11-15-37(33)55(45)43-31-49-41(29-51(43)57)39-21-17-35(27-47(39)59(49,5)6)53-25-26-54(61-53)36-18-22-40-42-30-52-44(32-50(42)60(7,8)48(40)28-36)56-38-16-12-10-14-34(38)20-24-46(56)58(52,3)4;1-27(2)22-12-9-16-7-5-6-8-18(16)26(22)21-15-24-20(14-25(21)27)19-11-10-17(29)13-23(19)28(24,3)4;1-13(2)14(3,4)21-17(20-13)11-9-10-12(19-11)18-22-15(5,6)16(7,8)23-18/h9-32H,1-8H3;5-15H,1-4H3;9-10H,1-8H3. The average Bonchev–Trinajstić information content (AvgIpc) is 1.54. The average molecular weight is 1540 g/mol. The number of rotatable bonds is 4. The van der Waals surface area contributed by atoms with Crippen LogP contribution in [0.15, 0.2) is 238 Å². The molecule has 0 spiro atoms. The molecule has 8 aliphatic rings. The molecule has 6 nitrogen and oxygen atoms in total. The van der Waals surface area contributed by atoms with Gasteiger partial charge in [0.25, 0.3) is 0 Å². The summed E-state index contributed by atoms with van der Waals surface area (Å²) < 4.78 is 37.9. The number of hydrogen-bond acceptors (Lipinski definition) is 6. The van der Waals surface area contributed by atoms with Crippen molar-refractivity contribution in [1.82, 2.24) is 0 Å².